The highest BCUT2D eigenvalue weighted by Gasteiger charge is 2.49. The van der Waals surface area contributed by atoms with E-state index in [4.69, 9.17) is 11.6 Å². The summed E-state index contributed by atoms with van der Waals surface area (Å²) in [6.07, 6.45) is 0.0430. The zero-order valence-corrected chi connectivity index (χ0v) is 17.0. The van der Waals surface area contributed by atoms with E-state index in [1.807, 2.05) is 6.07 Å². The maximum atomic E-state index is 13.0. The van der Waals surface area contributed by atoms with Crippen molar-refractivity contribution in [3.63, 3.8) is 0 Å². The van der Waals surface area contributed by atoms with E-state index in [-0.39, 0.29) is 40.9 Å². The first kappa shape index (κ1) is 19.4. The molecular weight excluding hydrogens is 423 g/mol. The average molecular weight is 439 g/mol. The standard InChI is InChI=1S/C19H16ClFN2O3S2/c20-13-2-1-3-15(9-13)23-16-10-28(25,26)11-17(16)27-19(23)22-18(24)8-12-4-6-14(21)7-5-12/h1-7,9,16-17H,8,10-11H2/t16-,17+/m1/s1. The lowest BCUT2D eigenvalue weighted by molar-refractivity contribution is -0.117. The molecule has 2 saturated heterocycles. The van der Waals surface area contributed by atoms with Crippen molar-refractivity contribution in [3.8, 4) is 0 Å². The molecule has 0 saturated carbocycles. The second-order valence-electron chi connectivity index (χ2n) is 6.74. The van der Waals surface area contributed by atoms with Crippen LogP contribution < -0.4 is 4.90 Å². The molecule has 1 amide bonds. The first-order chi connectivity index (χ1) is 13.3. The molecule has 0 radical (unpaired) electrons. The van der Waals surface area contributed by atoms with E-state index in [2.05, 4.69) is 4.99 Å². The summed E-state index contributed by atoms with van der Waals surface area (Å²) in [5, 5.41) is 0.810. The second-order valence-corrected chi connectivity index (χ2v) is 10.5. The fourth-order valence-corrected chi connectivity index (χ4v) is 7.53. The van der Waals surface area contributed by atoms with Crippen LogP contribution in [0, 0.1) is 5.82 Å². The Balaban J connectivity index is 1.63. The van der Waals surface area contributed by atoms with Gasteiger partial charge in [-0.15, -0.1) is 0 Å². The topological polar surface area (TPSA) is 66.8 Å². The quantitative estimate of drug-likeness (QED) is 0.735. The van der Waals surface area contributed by atoms with Crippen LogP contribution in [0.2, 0.25) is 5.02 Å². The Labute approximate surface area is 171 Å². The lowest BCUT2D eigenvalue weighted by Crippen LogP contribution is -2.37. The molecular formula is C19H16ClFN2O3S2. The van der Waals surface area contributed by atoms with Crippen LogP contribution in [0.1, 0.15) is 5.56 Å². The van der Waals surface area contributed by atoms with Crippen molar-refractivity contribution in [1.29, 1.82) is 0 Å². The van der Waals surface area contributed by atoms with Crippen LogP contribution in [0.5, 0.6) is 0 Å². The number of fused-ring (bicyclic) bond motifs is 1. The fraction of sp³-hybridized carbons (Fsp3) is 0.263. The minimum Gasteiger partial charge on any atom is -0.316 e. The van der Waals surface area contributed by atoms with Gasteiger partial charge in [0.2, 0.25) is 0 Å². The summed E-state index contributed by atoms with van der Waals surface area (Å²) in [4.78, 5) is 18.5. The SMILES string of the molecule is O=C(Cc1ccc(F)cc1)N=C1S[C@H]2CS(=O)(=O)C[C@H]2N1c1cccc(Cl)c1. The number of anilines is 1. The highest BCUT2D eigenvalue weighted by molar-refractivity contribution is 8.16. The Morgan fingerprint density at radius 2 is 1.96 bits per heavy atom. The molecule has 2 heterocycles. The van der Waals surface area contributed by atoms with E-state index >= 15 is 0 Å². The number of benzene rings is 2. The van der Waals surface area contributed by atoms with Crippen molar-refractivity contribution in [2.24, 2.45) is 4.99 Å². The molecule has 28 heavy (non-hydrogen) atoms. The van der Waals surface area contributed by atoms with E-state index in [1.165, 1.54) is 23.9 Å². The molecule has 0 unspecified atom stereocenters. The van der Waals surface area contributed by atoms with Crippen LogP contribution in [0.15, 0.2) is 53.5 Å². The van der Waals surface area contributed by atoms with Crippen LogP contribution in [0.25, 0.3) is 0 Å². The summed E-state index contributed by atoms with van der Waals surface area (Å²) in [7, 11) is -3.13. The molecule has 2 aromatic rings. The molecule has 5 nitrogen and oxygen atoms in total. The Morgan fingerprint density at radius 3 is 2.68 bits per heavy atom. The molecule has 0 aliphatic carbocycles. The highest BCUT2D eigenvalue weighted by Crippen LogP contribution is 2.41. The smallest absolute Gasteiger partial charge is 0.252 e. The van der Waals surface area contributed by atoms with Crippen LogP contribution in [-0.2, 0) is 21.1 Å². The molecule has 0 bridgehead atoms. The summed E-state index contributed by atoms with van der Waals surface area (Å²) in [6, 6.07) is 12.5. The number of hydrogen-bond donors (Lipinski definition) is 0. The van der Waals surface area contributed by atoms with Gasteiger partial charge >= 0.3 is 0 Å². The minimum atomic E-state index is -3.13. The van der Waals surface area contributed by atoms with Crippen molar-refractivity contribution >= 4 is 50.0 Å². The van der Waals surface area contributed by atoms with E-state index in [9.17, 15) is 17.6 Å². The largest absolute Gasteiger partial charge is 0.316 e. The third-order valence-corrected chi connectivity index (χ3v) is 8.09. The number of sulfone groups is 1. The van der Waals surface area contributed by atoms with Gasteiger partial charge in [-0.05, 0) is 35.9 Å². The van der Waals surface area contributed by atoms with Gasteiger partial charge < -0.3 is 4.90 Å². The Kier molecular flexibility index (Phi) is 5.20. The number of nitrogens with zero attached hydrogens (tertiary/aromatic N) is 2. The maximum Gasteiger partial charge on any atom is 0.252 e. The normalized spacial score (nSPS) is 24.5. The van der Waals surface area contributed by atoms with Crippen molar-refractivity contribution < 1.29 is 17.6 Å². The van der Waals surface area contributed by atoms with Crippen LogP contribution in [-0.4, -0.2) is 42.3 Å². The zero-order chi connectivity index (χ0) is 19.9. The van der Waals surface area contributed by atoms with Crippen molar-refractivity contribution in [2.45, 2.75) is 17.7 Å². The number of carbonyl (C=O) groups is 1. The lowest BCUT2D eigenvalue weighted by Gasteiger charge is -2.24. The number of amides is 1. The van der Waals surface area contributed by atoms with E-state index in [0.29, 0.717) is 21.4 Å². The summed E-state index contributed by atoms with van der Waals surface area (Å²) in [6.45, 7) is 0. The monoisotopic (exact) mass is 438 g/mol. The predicted molar refractivity (Wildman–Crippen MR) is 110 cm³/mol. The molecule has 9 heteroatoms. The number of rotatable bonds is 3. The first-order valence-electron chi connectivity index (χ1n) is 8.58. The van der Waals surface area contributed by atoms with Crippen molar-refractivity contribution in [3.05, 3.63) is 64.9 Å². The number of halogens is 2. The summed E-state index contributed by atoms with van der Waals surface area (Å²) in [5.41, 5.74) is 1.37. The minimum absolute atomic E-state index is 0.0162. The van der Waals surface area contributed by atoms with Gasteiger partial charge in [-0.2, -0.15) is 4.99 Å². The van der Waals surface area contributed by atoms with E-state index < -0.39 is 9.84 Å². The van der Waals surface area contributed by atoms with E-state index in [0.717, 1.165) is 0 Å². The van der Waals surface area contributed by atoms with Crippen LogP contribution >= 0.6 is 23.4 Å². The summed E-state index contributed by atoms with van der Waals surface area (Å²) < 4.78 is 37.2. The van der Waals surface area contributed by atoms with Gasteiger partial charge in [0.15, 0.2) is 15.0 Å². The number of aliphatic imine (C=N–C) groups is 1. The molecule has 0 aromatic heterocycles. The molecule has 2 fully saturated rings. The fourth-order valence-electron chi connectivity index (χ4n) is 3.42. The molecule has 2 aliphatic rings. The molecule has 2 atom stereocenters. The molecule has 2 aliphatic heterocycles. The summed E-state index contributed by atoms with van der Waals surface area (Å²) in [5.74, 6) is -0.661. The number of amidine groups is 1. The predicted octanol–water partition coefficient (Wildman–Crippen LogP) is 3.32. The first-order valence-corrected chi connectivity index (χ1v) is 11.7. The van der Waals surface area contributed by atoms with Crippen molar-refractivity contribution in [1.82, 2.24) is 0 Å². The second kappa shape index (κ2) is 7.50. The Hall–Kier alpha value is -1.90. The van der Waals surface area contributed by atoms with Gasteiger partial charge in [0.05, 0.1) is 24.0 Å². The lowest BCUT2D eigenvalue weighted by atomic mass is 10.1. The Morgan fingerprint density at radius 1 is 1.21 bits per heavy atom. The number of carbonyl (C=O) groups excluding carboxylic acids is 1. The van der Waals surface area contributed by atoms with Gasteiger partial charge in [0.25, 0.3) is 5.91 Å². The van der Waals surface area contributed by atoms with Gasteiger partial charge in [0, 0.05) is 16.0 Å². The van der Waals surface area contributed by atoms with E-state index in [1.54, 1.807) is 35.2 Å². The molecule has 146 valence electrons. The maximum absolute atomic E-state index is 13.0. The molecule has 0 spiro atoms. The van der Waals surface area contributed by atoms with Gasteiger partial charge in [-0.3, -0.25) is 4.79 Å². The third-order valence-electron chi connectivity index (χ3n) is 4.64. The van der Waals surface area contributed by atoms with Crippen LogP contribution in [0.4, 0.5) is 10.1 Å². The third kappa shape index (κ3) is 4.09. The molecule has 4 rings (SSSR count). The number of thioether (sulfide) groups is 1. The van der Waals surface area contributed by atoms with Gasteiger partial charge in [0.1, 0.15) is 5.82 Å². The molecule has 0 N–H and O–H groups in total. The van der Waals surface area contributed by atoms with Crippen LogP contribution in [0.3, 0.4) is 0 Å². The van der Waals surface area contributed by atoms with Gasteiger partial charge in [-0.25, -0.2) is 12.8 Å². The molecule has 2 aromatic carbocycles. The van der Waals surface area contributed by atoms with Gasteiger partial charge in [-0.1, -0.05) is 41.6 Å². The Bertz CT molecular complexity index is 1060. The summed E-state index contributed by atoms with van der Waals surface area (Å²) >= 11 is 7.41. The number of hydrogen-bond acceptors (Lipinski definition) is 4. The average Bonchev–Trinajstić information content (AvgIpc) is 3.07. The highest BCUT2D eigenvalue weighted by atomic mass is 35.5. The zero-order valence-electron chi connectivity index (χ0n) is 14.6. The van der Waals surface area contributed by atoms with Crippen molar-refractivity contribution in [2.75, 3.05) is 16.4 Å².